The molecule has 2 fully saturated rings. The Kier molecular flexibility index (Phi) is 5.29. The van der Waals surface area contributed by atoms with Crippen molar-refractivity contribution < 1.29 is 14.5 Å². The molecular formula is C17H24N4O4S. The van der Waals surface area contributed by atoms with Crippen LogP contribution in [0.4, 0.5) is 5.00 Å². The summed E-state index contributed by atoms with van der Waals surface area (Å²) in [5, 5.41) is 10.7. The number of thiophene rings is 1. The number of hydrogen-bond donors (Lipinski definition) is 1. The van der Waals surface area contributed by atoms with Crippen molar-refractivity contribution in [3.8, 4) is 0 Å². The van der Waals surface area contributed by atoms with Crippen LogP contribution in [0.2, 0.25) is 0 Å². The van der Waals surface area contributed by atoms with E-state index in [1.54, 1.807) is 4.90 Å². The van der Waals surface area contributed by atoms with Crippen LogP contribution in [0.3, 0.4) is 0 Å². The Balaban J connectivity index is 1.59. The lowest BCUT2D eigenvalue weighted by molar-refractivity contribution is -0.380. The zero-order valence-corrected chi connectivity index (χ0v) is 15.7. The third-order valence-corrected chi connectivity index (χ3v) is 6.44. The van der Waals surface area contributed by atoms with Crippen LogP contribution in [0.5, 0.6) is 0 Å². The zero-order chi connectivity index (χ0) is 18.9. The summed E-state index contributed by atoms with van der Waals surface area (Å²) in [6.45, 7) is 3.78. The van der Waals surface area contributed by atoms with Gasteiger partial charge in [-0.25, -0.2) is 0 Å². The van der Waals surface area contributed by atoms with Gasteiger partial charge in [0.2, 0.25) is 5.91 Å². The quantitative estimate of drug-likeness (QED) is 0.636. The Bertz CT molecular complexity index is 709. The summed E-state index contributed by atoms with van der Waals surface area (Å²) in [5.41, 5.74) is 5.88. The molecule has 9 heteroatoms. The molecular weight excluding hydrogens is 356 g/mol. The lowest BCUT2D eigenvalue weighted by Gasteiger charge is -2.42. The Morgan fingerprint density at radius 2 is 1.88 bits per heavy atom. The summed E-state index contributed by atoms with van der Waals surface area (Å²) in [4.78, 5) is 39.5. The first-order valence-electron chi connectivity index (χ1n) is 8.91. The van der Waals surface area contributed by atoms with Crippen molar-refractivity contribution in [2.45, 2.75) is 38.1 Å². The van der Waals surface area contributed by atoms with Gasteiger partial charge in [0.05, 0.1) is 15.7 Å². The minimum atomic E-state index is -0.494. The third kappa shape index (κ3) is 3.73. The van der Waals surface area contributed by atoms with Crippen LogP contribution in [0, 0.1) is 16.0 Å². The number of carbonyl (C=O) groups is 2. The summed E-state index contributed by atoms with van der Waals surface area (Å²) in [6, 6.07) is 2.84. The summed E-state index contributed by atoms with van der Waals surface area (Å²) in [6.07, 6.45) is 3.77. The number of nitro groups is 1. The van der Waals surface area contributed by atoms with E-state index >= 15 is 0 Å². The Morgan fingerprint density at radius 1 is 1.23 bits per heavy atom. The Labute approximate surface area is 156 Å². The molecule has 1 aliphatic carbocycles. The van der Waals surface area contributed by atoms with E-state index in [0.717, 1.165) is 37.0 Å². The summed E-state index contributed by atoms with van der Waals surface area (Å²) < 4.78 is 0. The lowest BCUT2D eigenvalue weighted by Crippen LogP contribution is -2.57. The van der Waals surface area contributed by atoms with Gasteiger partial charge < -0.3 is 15.5 Å². The fourth-order valence-electron chi connectivity index (χ4n) is 3.81. The van der Waals surface area contributed by atoms with Crippen molar-refractivity contribution in [3.63, 3.8) is 0 Å². The third-order valence-electron chi connectivity index (χ3n) is 5.41. The number of nitrogens with two attached hydrogens (primary N) is 1. The number of carbonyl (C=O) groups excluding carboxylic acids is 2. The second kappa shape index (κ2) is 7.32. The molecule has 2 aliphatic rings. The van der Waals surface area contributed by atoms with Gasteiger partial charge in [0.1, 0.15) is 0 Å². The molecule has 0 aromatic carbocycles. The normalized spacial score (nSPS) is 26.6. The molecule has 8 nitrogen and oxygen atoms in total. The number of hydrogen-bond acceptors (Lipinski definition) is 6. The maximum absolute atomic E-state index is 12.9. The van der Waals surface area contributed by atoms with Crippen LogP contribution in [0.1, 0.15) is 42.3 Å². The van der Waals surface area contributed by atoms with Crippen molar-refractivity contribution in [3.05, 3.63) is 27.1 Å². The molecule has 3 rings (SSSR count). The van der Waals surface area contributed by atoms with Gasteiger partial charge in [-0.3, -0.25) is 19.7 Å². The van der Waals surface area contributed by atoms with Gasteiger partial charge in [-0.1, -0.05) is 24.2 Å². The van der Waals surface area contributed by atoms with Gasteiger partial charge >= 0.3 is 5.00 Å². The maximum atomic E-state index is 12.9. The average Bonchev–Trinajstić information content (AvgIpc) is 3.11. The Hall–Kier alpha value is -2.00. The molecule has 1 saturated heterocycles. The molecule has 2 amide bonds. The van der Waals surface area contributed by atoms with Crippen molar-refractivity contribution in [1.29, 1.82) is 0 Å². The number of piperazine rings is 1. The van der Waals surface area contributed by atoms with Crippen molar-refractivity contribution in [2.24, 2.45) is 11.7 Å². The van der Waals surface area contributed by atoms with E-state index in [2.05, 4.69) is 0 Å². The largest absolute Gasteiger partial charge is 0.339 e. The summed E-state index contributed by atoms with van der Waals surface area (Å²) in [7, 11) is 0. The number of amides is 2. The van der Waals surface area contributed by atoms with Gasteiger partial charge in [-0.05, 0) is 25.8 Å². The van der Waals surface area contributed by atoms with Gasteiger partial charge in [0.25, 0.3) is 5.91 Å². The molecule has 0 spiro atoms. The van der Waals surface area contributed by atoms with E-state index < -0.39 is 10.5 Å². The van der Waals surface area contributed by atoms with Crippen molar-refractivity contribution >= 4 is 28.2 Å². The SMILES string of the molecule is CC1(N)CCCCC1C(=O)N1CCN(C(=O)c2ccc([N+](=O)[O-])s2)CC1. The molecule has 2 atom stereocenters. The average molecular weight is 380 g/mol. The van der Waals surface area contributed by atoms with Gasteiger partial charge in [0, 0.05) is 37.8 Å². The first kappa shape index (κ1) is 18.8. The molecule has 0 radical (unpaired) electrons. The minimum Gasteiger partial charge on any atom is -0.339 e. The van der Waals surface area contributed by atoms with E-state index in [1.807, 2.05) is 11.8 Å². The van der Waals surface area contributed by atoms with Crippen LogP contribution >= 0.6 is 11.3 Å². The molecule has 2 N–H and O–H groups in total. The van der Waals surface area contributed by atoms with E-state index in [0.29, 0.717) is 31.1 Å². The highest BCUT2D eigenvalue weighted by Gasteiger charge is 2.40. The second-order valence-electron chi connectivity index (χ2n) is 7.32. The topological polar surface area (TPSA) is 110 Å². The first-order chi connectivity index (χ1) is 12.3. The van der Waals surface area contributed by atoms with Crippen LogP contribution in [0.25, 0.3) is 0 Å². The number of rotatable bonds is 3. The molecule has 1 aromatic rings. The number of nitrogens with zero attached hydrogens (tertiary/aromatic N) is 3. The molecule has 2 unspecified atom stereocenters. The van der Waals surface area contributed by atoms with Crippen LogP contribution < -0.4 is 5.73 Å². The van der Waals surface area contributed by atoms with Gasteiger partial charge in [0.15, 0.2) is 0 Å². The predicted octanol–water partition coefficient (Wildman–Crippen LogP) is 1.85. The highest BCUT2D eigenvalue weighted by atomic mass is 32.1. The Morgan fingerprint density at radius 3 is 2.46 bits per heavy atom. The highest BCUT2D eigenvalue weighted by molar-refractivity contribution is 7.17. The summed E-state index contributed by atoms with van der Waals surface area (Å²) in [5.74, 6) is -0.275. The fourth-order valence-corrected chi connectivity index (χ4v) is 4.60. The summed E-state index contributed by atoms with van der Waals surface area (Å²) >= 11 is 0.885. The molecule has 1 aliphatic heterocycles. The lowest BCUT2D eigenvalue weighted by atomic mass is 9.74. The highest BCUT2D eigenvalue weighted by Crippen LogP contribution is 2.33. The van der Waals surface area contributed by atoms with Crippen LogP contribution in [-0.4, -0.2) is 58.3 Å². The molecule has 1 aromatic heterocycles. The smallest absolute Gasteiger partial charge is 0.324 e. The van der Waals surface area contributed by atoms with E-state index in [1.165, 1.54) is 12.1 Å². The van der Waals surface area contributed by atoms with E-state index in [4.69, 9.17) is 5.73 Å². The van der Waals surface area contributed by atoms with E-state index in [-0.39, 0.29) is 22.7 Å². The van der Waals surface area contributed by atoms with Gasteiger partial charge in [-0.2, -0.15) is 0 Å². The van der Waals surface area contributed by atoms with Crippen LogP contribution in [0.15, 0.2) is 12.1 Å². The first-order valence-corrected chi connectivity index (χ1v) is 9.72. The molecule has 142 valence electrons. The molecule has 1 saturated carbocycles. The van der Waals surface area contributed by atoms with Crippen LogP contribution in [-0.2, 0) is 4.79 Å². The maximum Gasteiger partial charge on any atom is 0.324 e. The molecule has 26 heavy (non-hydrogen) atoms. The minimum absolute atomic E-state index is 0.0401. The van der Waals surface area contributed by atoms with E-state index in [9.17, 15) is 19.7 Å². The predicted molar refractivity (Wildman–Crippen MR) is 98.0 cm³/mol. The van der Waals surface area contributed by atoms with Crippen molar-refractivity contribution in [1.82, 2.24) is 9.80 Å². The van der Waals surface area contributed by atoms with Gasteiger partial charge in [-0.15, -0.1) is 0 Å². The molecule has 0 bridgehead atoms. The second-order valence-corrected chi connectivity index (χ2v) is 8.38. The molecule has 2 heterocycles. The standard InChI is InChI=1S/C17H24N4O4S/c1-17(18)7-3-2-4-12(17)15(22)19-8-10-20(11-9-19)16(23)13-5-6-14(26-13)21(24)25/h5-6,12H,2-4,7-11,18H2,1H3. The fraction of sp³-hybridized carbons (Fsp3) is 0.647. The zero-order valence-electron chi connectivity index (χ0n) is 14.8. The monoisotopic (exact) mass is 380 g/mol. The van der Waals surface area contributed by atoms with Crippen molar-refractivity contribution in [2.75, 3.05) is 26.2 Å².